The lowest BCUT2D eigenvalue weighted by Crippen LogP contribution is -2.18. The molecule has 0 fully saturated rings. The summed E-state index contributed by atoms with van der Waals surface area (Å²) in [6.45, 7) is 1.88. The van der Waals surface area contributed by atoms with Gasteiger partial charge in [0.15, 0.2) is 0 Å². The summed E-state index contributed by atoms with van der Waals surface area (Å²) in [5.41, 5.74) is 2.45. The third kappa shape index (κ3) is 4.65. The third-order valence-corrected chi connectivity index (χ3v) is 4.23. The lowest BCUT2D eigenvalue weighted by Gasteiger charge is -2.11. The van der Waals surface area contributed by atoms with Gasteiger partial charge in [0.25, 0.3) is 11.8 Å². The van der Waals surface area contributed by atoms with E-state index in [0.717, 1.165) is 5.56 Å². The molecule has 1 heterocycles. The topological polar surface area (TPSA) is 97.4 Å². The van der Waals surface area contributed by atoms with Crippen LogP contribution >= 0.6 is 0 Å². The van der Waals surface area contributed by atoms with Crippen molar-refractivity contribution in [3.05, 3.63) is 89.2 Å². The molecule has 7 nitrogen and oxygen atoms in total. The van der Waals surface area contributed by atoms with Crippen molar-refractivity contribution >= 4 is 29.2 Å². The van der Waals surface area contributed by atoms with E-state index in [4.69, 9.17) is 4.74 Å². The highest BCUT2D eigenvalue weighted by Crippen LogP contribution is 2.18. The summed E-state index contributed by atoms with van der Waals surface area (Å²) < 4.78 is 4.73. The van der Waals surface area contributed by atoms with Crippen molar-refractivity contribution in [3.8, 4) is 0 Å². The van der Waals surface area contributed by atoms with Gasteiger partial charge in [-0.05, 0) is 42.8 Å². The fourth-order valence-electron chi connectivity index (χ4n) is 2.67. The maximum Gasteiger partial charge on any atom is 0.339 e. The number of methoxy groups -OCH3 is 1. The van der Waals surface area contributed by atoms with Crippen LogP contribution in [0.5, 0.6) is 0 Å². The highest BCUT2D eigenvalue weighted by Gasteiger charge is 2.16. The number of carbonyl (C=O) groups excluding carboxylic acids is 3. The average Bonchev–Trinajstić information content (AvgIpc) is 2.75. The van der Waals surface area contributed by atoms with Gasteiger partial charge in [0.1, 0.15) is 5.69 Å². The molecule has 3 rings (SSSR count). The summed E-state index contributed by atoms with van der Waals surface area (Å²) in [6.07, 6.45) is 1.38. The molecule has 0 unspecified atom stereocenters. The first-order valence-electron chi connectivity index (χ1n) is 8.81. The van der Waals surface area contributed by atoms with Gasteiger partial charge >= 0.3 is 5.97 Å². The van der Waals surface area contributed by atoms with Crippen LogP contribution in [0.3, 0.4) is 0 Å². The van der Waals surface area contributed by atoms with Gasteiger partial charge in [-0.15, -0.1) is 0 Å². The van der Waals surface area contributed by atoms with Gasteiger partial charge in [-0.25, -0.2) is 4.79 Å². The number of aryl methyl sites for hydroxylation is 1. The predicted molar refractivity (Wildman–Crippen MR) is 109 cm³/mol. The molecule has 1 aromatic heterocycles. The van der Waals surface area contributed by atoms with Gasteiger partial charge in [-0.1, -0.05) is 30.3 Å². The second-order valence-electron chi connectivity index (χ2n) is 6.19. The molecule has 29 heavy (non-hydrogen) atoms. The Hall–Kier alpha value is -4.00. The number of hydrogen-bond donors (Lipinski definition) is 2. The van der Waals surface area contributed by atoms with Crippen LogP contribution in [-0.4, -0.2) is 29.9 Å². The molecule has 0 aliphatic carbocycles. The smallest absolute Gasteiger partial charge is 0.339 e. The Kier molecular flexibility index (Phi) is 5.99. The van der Waals surface area contributed by atoms with Crippen LogP contribution in [0.2, 0.25) is 0 Å². The van der Waals surface area contributed by atoms with Gasteiger partial charge in [0.2, 0.25) is 0 Å². The minimum Gasteiger partial charge on any atom is -0.465 e. The molecular weight excluding hydrogens is 370 g/mol. The van der Waals surface area contributed by atoms with Crippen molar-refractivity contribution in [1.82, 2.24) is 4.98 Å². The van der Waals surface area contributed by atoms with Crippen LogP contribution in [-0.2, 0) is 4.74 Å². The molecule has 0 saturated carbocycles. The van der Waals surface area contributed by atoms with E-state index in [1.165, 1.54) is 25.4 Å². The summed E-state index contributed by atoms with van der Waals surface area (Å²) in [4.78, 5) is 41.1. The number of benzene rings is 2. The first-order valence-corrected chi connectivity index (χ1v) is 8.81. The molecule has 0 spiro atoms. The number of aromatic nitrogens is 1. The number of nitrogens with zero attached hydrogens (tertiary/aromatic N) is 1. The number of nitrogens with one attached hydrogen (secondary N) is 2. The summed E-state index contributed by atoms with van der Waals surface area (Å²) in [5, 5.41) is 5.45. The Bertz CT molecular complexity index is 1080. The quantitative estimate of drug-likeness (QED) is 0.649. The molecule has 0 saturated heterocycles. The number of esters is 1. The lowest BCUT2D eigenvalue weighted by atomic mass is 10.1. The van der Waals surface area contributed by atoms with Gasteiger partial charge < -0.3 is 15.4 Å². The number of amides is 2. The molecule has 3 aromatic rings. The first kappa shape index (κ1) is 19.8. The maximum absolute atomic E-state index is 12.6. The van der Waals surface area contributed by atoms with Crippen LogP contribution in [0.25, 0.3) is 0 Å². The number of pyridine rings is 1. The van der Waals surface area contributed by atoms with Gasteiger partial charge in [0.05, 0.1) is 18.4 Å². The second-order valence-corrected chi connectivity index (χ2v) is 6.19. The third-order valence-electron chi connectivity index (χ3n) is 4.23. The second kappa shape index (κ2) is 8.79. The largest absolute Gasteiger partial charge is 0.465 e. The molecule has 0 bridgehead atoms. The number of ether oxygens (including phenoxy) is 1. The number of carbonyl (C=O) groups is 3. The van der Waals surface area contributed by atoms with E-state index in [2.05, 4.69) is 15.6 Å². The molecule has 2 amide bonds. The summed E-state index contributed by atoms with van der Waals surface area (Å²) in [5.74, 6) is -1.47. The van der Waals surface area contributed by atoms with E-state index in [9.17, 15) is 14.4 Å². The molecule has 7 heteroatoms. The van der Waals surface area contributed by atoms with E-state index in [-0.39, 0.29) is 16.8 Å². The zero-order valence-corrected chi connectivity index (χ0v) is 15.9. The molecule has 0 radical (unpaired) electrons. The Morgan fingerprint density at radius 2 is 1.52 bits per heavy atom. The normalized spacial score (nSPS) is 10.1. The Morgan fingerprint density at radius 1 is 0.862 bits per heavy atom. The van der Waals surface area contributed by atoms with Crippen LogP contribution in [0.1, 0.15) is 36.8 Å². The summed E-state index contributed by atoms with van der Waals surface area (Å²) >= 11 is 0. The van der Waals surface area contributed by atoms with Crippen molar-refractivity contribution in [2.45, 2.75) is 6.92 Å². The Morgan fingerprint density at radius 3 is 2.24 bits per heavy atom. The minimum absolute atomic E-state index is 0.0992. The highest BCUT2D eigenvalue weighted by molar-refractivity contribution is 6.10. The van der Waals surface area contributed by atoms with Crippen molar-refractivity contribution in [2.24, 2.45) is 0 Å². The van der Waals surface area contributed by atoms with E-state index < -0.39 is 17.8 Å². The number of hydrogen-bond acceptors (Lipinski definition) is 5. The highest BCUT2D eigenvalue weighted by atomic mass is 16.5. The fraction of sp³-hybridized carbons (Fsp3) is 0.0909. The predicted octanol–water partition coefficient (Wildman–Crippen LogP) is 3.68. The van der Waals surface area contributed by atoms with Crippen LogP contribution in [0, 0.1) is 6.92 Å². The van der Waals surface area contributed by atoms with Gasteiger partial charge in [-0.3, -0.25) is 14.6 Å². The van der Waals surface area contributed by atoms with Crippen molar-refractivity contribution < 1.29 is 19.1 Å². The Balaban J connectivity index is 1.79. The van der Waals surface area contributed by atoms with Crippen molar-refractivity contribution in [3.63, 3.8) is 0 Å². The number of para-hydroxylation sites is 2. The van der Waals surface area contributed by atoms with Crippen molar-refractivity contribution in [1.29, 1.82) is 0 Å². The van der Waals surface area contributed by atoms with E-state index >= 15 is 0 Å². The Labute approximate surface area is 167 Å². The van der Waals surface area contributed by atoms with E-state index in [1.807, 2.05) is 25.1 Å². The standard InChI is InChI=1S/C22H19N3O4/c1-14-7-3-5-9-17(14)24-21(27)19-13-15(11-12-23-19)20(26)25-18-10-6-4-8-16(18)22(28)29-2/h3-13H,1-2H3,(H,24,27)(H,25,26). The average molecular weight is 389 g/mol. The van der Waals surface area contributed by atoms with Gasteiger partial charge in [0, 0.05) is 17.4 Å². The van der Waals surface area contributed by atoms with E-state index in [1.54, 1.807) is 30.3 Å². The molecule has 146 valence electrons. The lowest BCUT2D eigenvalue weighted by molar-refractivity contribution is 0.0601. The zero-order valence-electron chi connectivity index (χ0n) is 15.9. The number of anilines is 2. The molecule has 0 aliphatic rings. The molecule has 2 aromatic carbocycles. The van der Waals surface area contributed by atoms with Crippen LogP contribution in [0.15, 0.2) is 66.9 Å². The first-order chi connectivity index (χ1) is 14.0. The van der Waals surface area contributed by atoms with Crippen molar-refractivity contribution in [2.75, 3.05) is 17.7 Å². The SMILES string of the molecule is COC(=O)c1ccccc1NC(=O)c1ccnc(C(=O)Nc2ccccc2C)c1. The monoisotopic (exact) mass is 389 g/mol. The minimum atomic E-state index is -0.561. The van der Waals surface area contributed by atoms with Gasteiger partial charge in [-0.2, -0.15) is 0 Å². The summed E-state index contributed by atoms with van der Waals surface area (Å²) in [7, 11) is 1.27. The molecule has 2 N–H and O–H groups in total. The van der Waals surface area contributed by atoms with E-state index in [0.29, 0.717) is 11.4 Å². The number of rotatable bonds is 5. The molecule has 0 aliphatic heterocycles. The fourth-order valence-corrected chi connectivity index (χ4v) is 2.67. The molecular formula is C22H19N3O4. The zero-order chi connectivity index (χ0) is 20.8. The van der Waals surface area contributed by atoms with Crippen LogP contribution in [0.4, 0.5) is 11.4 Å². The summed E-state index contributed by atoms with van der Waals surface area (Å²) in [6, 6.07) is 16.7. The molecule has 0 atom stereocenters. The maximum atomic E-state index is 12.6. The van der Waals surface area contributed by atoms with Crippen LogP contribution < -0.4 is 10.6 Å².